The molecule has 0 saturated carbocycles. The highest BCUT2D eigenvalue weighted by Crippen LogP contribution is 2.33. The van der Waals surface area contributed by atoms with Gasteiger partial charge in [-0.2, -0.15) is 5.10 Å². The van der Waals surface area contributed by atoms with Crippen molar-refractivity contribution in [2.24, 2.45) is 0 Å². The highest BCUT2D eigenvalue weighted by atomic mass is 16.6. The largest absolute Gasteiger partial charge is 0.463 e. The van der Waals surface area contributed by atoms with E-state index in [2.05, 4.69) is 5.10 Å². The summed E-state index contributed by atoms with van der Waals surface area (Å²) in [5.74, 6) is 0.277. The summed E-state index contributed by atoms with van der Waals surface area (Å²) in [7, 11) is 0. The number of aromatic nitrogens is 2. The molecule has 5 rings (SSSR count). The van der Waals surface area contributed by atoms with E-state index in [0.717, 1.165) is 11.3 Å². The van der Waals surface area contributed by atoms with Crippen LogP contribution in [0, 0.1) is 10.1 Å². The van der Waals surface area contributed by atoms with Gasteiger partial charge in [0.25, 0.3) is 11.6 Å². The molecule has 8 heteroatoms. The Bertz CT molecular complexity index is 1250. The summed E-state index contributed by atoms with van der Waals surface area (Å²) >= 11 is 0. The fourth-order valence-corrected chi connectivity index (χ4v) is 3.67. The van der Waals surface area contributed by atoms with Crippen LogP contribution in [0.1, 0.15) is 16.1 Å². The van der Waals surface area contributed by atoms with Crippen molar-refractivity contribution in [2.75, 3.05) is 11.4 Å². The van der Waals surface area contributed by atoms with Crippen LogP contribution >= 0.6 is 0 Å². The van der Waals surface area contributed by atoms with Gasteiger partial charge < -0.3 is 9.32 Å². The van der Waals surface area contributed by atoms with Gasteiger partial charge in [0.05, 0.1) is 22.6 Å². The second kappa shape index (κ2) is 7.00. The monoisotopic (exact) mass is 400 g/mol. The van der Waals surface area contributed by atoms with E-state index >= 15 is 0 Å². The number of para-hydroxylation sites is 1. The minimum Gasteiger partial charge on any atom is -0.463 e. The molecule has 2 aromatic carbocycles. The van der Waals surface area contributed by atoms with E-state index in [-0.39, 0.29) is 11.6 Å². The Labute approximate surface area is 171 Å². The number of rotatable bonds is 4. The minimum absolute atomic E-state index is 0.0405. The molecule has 0 N–H and O–H groups in total. The Balaban J connectivity index is 1.60. The lowest BCUT2D eigenvalue weighted by atomic mass is 10.1. The number of fused-ring (bicyclic) bond motifs is 1. The number of hydrogen-bond donors (Lipinski definition) is 0. The molecule has 0 atom stereocenters. The molecular weight excluding hydrogens is 384 g/mol. The van der Waals surface area contributed by atoms with E-state index in [1.54, 1.807) is 40.1 Å². The molecule has 0 fully saturated rings. The van der Waals surface area contributed by atoms with Gasteiger partial charge in [-0.3, -0.25) is 14.9 Å². The Morgan fingerprint density at radius 1 is 1.07 bits per heavy atom. The molecule has 0 saturated heterocycles. The van der Waals surface area contributed by atoms with Crippen LogP contribution in [-0.4, -0.2) is 27.2 Å². The van der Waals surface area contributed by atoms with Crippen LogP contribution in [0.15, 0.2) is 77.4 Å². The van der Waals surface area contributed by atoms with Gasteiger partial charge in [-0.05, 0) is 36.2 Å². The van der Waals surface area contributed by atoms with Crippen LogP contribution in [0.3, 0.4) is 0 Å². The predicted octanol–water partition coefficient (Wildman–Crippen LogP) is 4.24. The van der Waals surface area contributed by atoms with Crippen LogP contribution in [0.5, 0.6) is 0 Å². The van der Waals surface area contributed by atoms with E-state index in [9.17, 15) is 14.9 Å². The Morgan fingerprint density at radius 2 is 1.90 bits per heavy atom. The van der Waals surface area contributed by atoms with Gasteiger partial charge in [0.2, 0.25) is 0 Å². The summed E-state index contributed by atoms with van der Waals surface area (Å²) in [6, 6.07) is 19.2. The lowest BCUT2D eigenvalue weighted by Gasteiger charge is -2.18. The van der Waals surface area contributed by atoms with Crippen molar-refractivity contribution < 1.29 is 14.1 Å². The van der Waals surface area contributed by atoms with Gasteiger partial charge in [-0.1, -0.05) is 24.3 Å². The van der Waals surface area contributed by atoms with Crippen molar-refractivity contribution in [1.29, 1.82) is 0 Å². The van der Waals surface area contributed by atoms with Crippen LogP contribution in [0.4, 0.5) is 11.4 Å². The first kappa shape index (κ1) is 17.9. The maximum atomic E-state index is 13.5. The molecule has 0 spiro atoms. The maximum absolute atomic E-state index is 13.5. The van der Waals surface area contributed by atoms with Crippen LogP contribution in [0.25, 0.3) is 17.1 Å². The molecule has 0 bridgehead atoms. The number of furan rings is 1. The Kier molecular flexibility index (Phi) is 4.17. The van der Waals surface area contributed by atoms with Crippen LogP contribution in [0.2, 0.25) is 0 Å². The molecule has 30 heavy (non-hydrogen) atoms. The van der Waals surface area contributed by atoms with Crippen molar-refractivity contribution in [3.05, 3.63) is 94.4 Å². The van der Waals surface area contributed by atoms with Crippen molar-refractivity contribution in [3.63, 3.8) is 0 Å². The van der Waals surface area contributed by atoms with Gasteiger partial charge in [-0.25, -0.2) is 4.68 Å². The van der Waals surface area contributed by atoms with E-state index in [0.29, 0.717) is 35.8 Å². The van der Waals surface area contributed by atoms with Crippen LogP contribution in [-0.2, 0) is 6.42 Å². The van der Waals surface area contributed by atoms with Gasteiger partial charge >= 0.3 is 0 Å². The predicted molar refractivity (Wildman–Crippen MR) is 110 cm³/mol. The topological polar surface area (TPSA) is 94.4 Å². The average molecular weight is 400 g/mol. The first-order chi connectivity index (χ1) is 14.6. The number of nitro groups is 1. The van der Waals surface area contributed by atoms with Gasteiger partial charge in [0.15, 0.2) is 5.76 Å². The van der Waals surface area contributed by atoms with Crippen molar-refractivity contribution in [2.45, 2.75) is 6.42 Å². The van der Waals surface area contributed by atoms with E-state index in [1.807, 2.05) is 30.3 Å². The molecule has 0 radical (unpaired) electrons. The maximum Gasteiger partial charge on any atom is 0.277 e. The summed E-state index contributed by atoms with van der Waals surface area (Å²) in [5.41, 5.74) is 3.05. The Hall–Kier alpha value is -4.20. The number of benzene rings is 2. The molecule has 1 aliphatic heterocycles. The molecule has 148 valence electrons. The summed E-state index contributed by atoms with van der Waals surface area (Å²) in [4.78, 5) is 25.9. The molecule has 0 unspecified atom stereocenters. The number of non-ortho nitro benzene ring substituents is 1. The zero-order valence-corrected chi connectivity index (χ0v) is 15.8. The Morgan fingerprint density at radius 3 is 2.63 bits per heavy atom. The molecule has 4 aromatic rings. The highest BCUT2D eigenvalue weighted by Gasteiger charge is 2.30. The average Bonchev–Trinajstić information content (AvgIpc) is 3.52. The van der Waals surface area contributed by atoms with Gasteiger partial charge in [-0.15, -0.1) is 0 Å². The van der Waals surface area contributed by atoms with E-state index in [4.69, 9.17) is 4.42 Å². The van der Waals surface area contributed by atoms with Crippen molar-refractivity contribution >= 4 is 17.3 Å². The number of hydrogen-bond acceptors (Lipinski definition) is 5. The van der Waals surface area contributed by atoms with Crippen molar-refractivity contribution in [1.82, 2.24) is 9.78 Å². The van der Waals surface area contributed by atoms with Gasteiger partial charge in [0, 0.05) is 24.7 Å². The smallest absolute Gasteiger partial charge is 0.277 e. The lowest BCUT2D eigenvalue weighted by Crippen LogP contribution is -2.30. The fraction of sp³-hybridized carbons (Fsp3) is 0.0909. The minimum atomic E-state index is -0.454. The molecule has 1 aliphatic rings. The quantitative estimate of drug-likeness (QED) is 0.377. The fourth-order valence-electron chi connectivity index (χ4n) is 3.67. The van der Waals surface area contributed by atoms with Crippen LogP contribution < -0.4 is 4.90 Å². The third-order valence-electron chi connectivity index (χ3n) is 5.12. The number of nitrogens with zero attached hydrogens (tertiary/aromatic N) is 4. The third-order valence-corrected chi connectivity index (χ3v) is 5.12. The molecule has 3 heterocycles. The zero-order valence-electron chi connectivity index (χ0n) is 15.8. The molecule has 0 aliphatic carbocycles. The number of carbonyl (C=O) groups is 1. The number of carbonyl (C=O) groups excluding carboxylic acids is 1. The standard InChI is InChI=1S/C22H16N4O4/c27-22(24-11-10-15-8-9-17(26(28)29)13-19(15)24)20-14-18(21-7-4-12-30-21)23-25(20)16-5-2-1-3-6-16/h1-9,12-14H,10-11H2. The summed E-state index contributed by atoms with van der Waals surface area (Å²) in [6.45, 7) is 0.450. The van der Waals surface area contributed by atoms with E-state index in [1.165, 1.54) is 12.1 Å². The first-order valence-electron chi connectivity index (χ1n) is 9.40. The van der Waals surface area contributed by atoms with E-state index < -0.39 is 4.92 Å². The lowest BCUT2D eigenvalue weighted by molar-refractivity contribution is -0.384. The number of nitro benzene ring substituents is 1. The highest BCUT2D eigenvalue weighted by molar-refractivity contribution is 6.07. The zero-order chi connectivity index (χ0) is 20.7. The SMILES string of the molecule is O=C(c1cc(-c2ccco2)nn1-c1ccccc1)N1CCc2ccc([N+](=O)[O-])cc21. The molecular formula is C22H16N4O4. The molecule has 8 nitrogen and oxygen atoms in total. The normalized spacial score (nSPS) is 12.7. The number of amides is 1. The van der Waals surface area contributed by atoms with Crippen molar-refractivity contribution in [3.8, 4) is 17.1 Å². The second-order valence-corrected chi connectivity index (χ2v) is 6.92. The summed E-state index contributed by atoms with van der Waals surface area (Å²) < 4.78 is 7.03. The first-order valence-corrected chi connectivity index (χ1v) is 9.40. The number of anilines is 1. The van der Waals surface area contributed by atoms with Gasteiger partial charge in [0.1, 0.15) is 11.4 Å². The third kappa shape index (κ3) is 2.95. The molecule has 2 aromatic heterocycles. The molecule has 1 amide bonds. The summed E-state index contributed by atoms with van der Waals surface area (Å²) in [6.07, 6.45) is 2.19. The second-order valence-electron chi connectivity index (χ2n) is 6.92. The summed E-state index contributed by atoms with van der Waals surface area (Å²) in [5, 5.41) is 15.8.